The van der Waals surface area contributed by atoms with Gasteiger partial charge < -0.3 is 15.2 Å². The van der Waals surface area contributed by atoms with Gasteiger partial charge >= 0.3 is 0 Å². The third kappa shape index (κ3) is 3.42. The maximum atomic E-state index is 14.0. The van der Waals surface area contributed by atoms with E-state index in [9.17, 15) is 14.3 Å². The van der Waals surface area contributed by atoms with E-state index in [0.29, 0.717) is 21.2 Å². The Morgan fingerprint density at radius 2 is 2.18 bits per heavy atom. The summed E-state index contributed by atoms with van der Waals surface area (Å²) >= 11 is 1.10. The minimum Gasteiger partial charge on any atom is -0.496 e. The van der Waals surface area contributed by atoms with E-state index in [0.717, 1.165) is 11.3 Å². The van der Waals surface area contributed by atoms with Gasteiger partial charge in [0.2, 0.25) is 0 Å². The van der Waals surface area contributed by atoms with Crippen LogP contribution in [0.4, 0.5) is 4.39 Å². The summed E-state index contributed by atoms with van der Waals surface area (Å²) in [6, 6.07) is 3.93. The summed E-state index contributed by atoms with van der Waals surface area (Å²) < 4.78 is 19.1. The molecule has 7 heteroatoms. The summed E-state index contributed by atoms with van der Waals surface area (Å²) in [6.45, 7) is 3.25. The summed E-state index contributed by atoms with van der Waals surface area (Å²) in [6.07, 6.45) is 0.670. The van der Waals surface area contributed by atoms with Gasteiger partial charge in [-0.25, -0.2) is 9.37 Å². The highest BCUT2D eigenvalue weighted by atomic mass is 32.1. The Balaban J connectivity index is 2.17. The second-order valence-corrected chi connectivity index (χ2v) is 5.85. The third-order valence-electron chi connectivity index (χ3n) is 3.12. The van der Waals surface area contributed by atoms with Crippen molar-refractivity contribution in [2.24, 2.45) is 0 Å². The number of carbonyl (C=O) groups is 1. The second kappa shape index (κ2) is 6.85. The summed E-state index contributed by atoms with van der Waals surface area (Å²) in [4.78, 5) is 16.5. The van der Waals surface area contributed by atoms with Crippen LogP contribution < -0.4 is 10.1 Å². The first-order valence-corrected chi connectivity index (χ1v) is 7.52. The lowest BCUT2D eigenvalue weighted by atomic mass is 10.1. The molecule has 1 heterocycles. The van der Waals surface area contributed by atoms with Crippen molar-refractivity contribution >= 4 is 17.2 Å². The van der Waals surface area contributed by atoms with Gasteiger partial charge in [-0.1, -0.05) is 6.07 Å². The minimum absolute atomic E-state index is 0.290. The highest BCUT2D eigenvalue weighted by Gasteiger charge is 2.20. The van der Waals surface area contributed by atoms with Crippen LogP contribution in [0.3, 0.4) is 0 Å². The molecule has 1 aromatic carbocycles. The molecule has 118 valence electrons. The van der Waals surface area contributed by atoms with E-state index in [4.69, 9.17) is 4.74 Å². The molecule has 0 spiro atoms. The maximum Gasteiger partial charge on any atom is 0.263 e. The zero-order valence-corrected chi connectivity index (χ0v) is 13.3. The van der Waals surface area contributed by atoms with E-state index < -0.39 is 18.0 Å². The highest BCUT2D eigenvalue weighted by Crippen LogP contribution is 2.28. The van der Waals surface area contributed by atoms with Crippen molar-refractivity contribution in [1.29, 1.82) is 0 Å². The van der Waals surface area contributed by atoms with Crippen molar-refractivity contribution in [2.75, 3.05) is 7.11 Å². The summed E-state index contributed by atoms with van der Waals surface area (Å²) in [5.41, 5.74) is 0.290. The number of amides is 1. The number of hydrogen-bond donors (Lipinski definition) is 2. The second-order valence-electron chi connectivity index (χ2n) is 4.79. The first-order valence-electron chi connectivity index (χ1n) is 6.71. The van der Waals surface area contributed by atoms with E-state index in [1.807, 2.05) is 0 Å². The number of aliphatic hydroxyl groups is 1. The average molecular weight is 324 g/mol. The van der Waals surface area contributed by atoms with Crippen molar-refractivity contribution in [3.8, 4) is 5.75 Å². The Labute approximate surface area is 131 Å². The number of aromatic nitrogens is 1. The van der Waals surface area contributed by atoms with Crippen molar-refractivity contribution in [2.45, 2.75) is 26.0 Å². The molecule has 1 amide bonds. The number of hydrogen-bond acceptors (Lipinski definition) is 5. The number of ether oxygens (including phenoxy) is 1. The van der Waals surface area contributed by atoms with E-state index in [-0.39, 0.29) is 5.91 Å². The molecule has 2 aromatic rings. The molecule has 2 atom stereocenters. The van der Waals surface area contributed by atoms with Crippen molar-refractivity contribution in [1.82, 2.24) is 10.3 Å². The maximum absolute atomic E-state index is 14.0. The van der Waals surface area contributed by atoms with Gasteiger partial charge in [0, 0.05) is 0 Å². The summed E-state index contributed by atoms with van der Waals surface area (Å²) in [5.74, 6) is -0.440. The fourth-order valence-corrected chi connectivity index (χ4v) is 2.80. The molecule has 0 aliphatic rings. The molecule has 0 saturated carbocycles. The molecule has 22 heavy (non-hydrogen) atoms. The third-order valence-corrected chi connectivity index (χ3v) is 4.28. The molecule has 0 aliphatic carbocycles. The van der Waals surface area contributed by atoms with Crippen LogP contribution in [0.2, 0.25) is 0 Å². The smallest absolute Gasteiger partial charge is 0.263 e. The standard InChI is InChI=1S/C15H17FN2O3S/c1-8(13-10(16)5-4-6-11(13)21-3)18-14(20)12-7-17-15(22-12)9(2)19/h4-9,19H,1-3H3,(H,18,20)/t8-,9+/m0/s1. The van der Waals surface area contributed by atoms with Crippen LogP contribution in [0.5, 0.6) is 5.75 Å². The number of nitrogens with one attached hydrogen (secondary N) is 1. The Kier molecular flexibility index (Phi) is 5.10. The highest BCUT2D eigenvalue weighted by molar-refractivity contribution is 7.13. The molecule has 2 rings (SSSR count). The number of aliphatic hydroxyl groups excluding tert-OH is 1. The largest absolute Gasteiger partial charge is 0.496 e. The Morgan fingerprint density at radius 3 is 2.77 bits per heavy atom. The molecule has 0 radical (unpaired) electrons. The topological polar surface area (TPSA) is 71.5 Å². The monoisotopic (exact) mass is 324 g/mol. The van der Waals surface area contributed by atoms with Crippen LogP contribution >= 0.6 is 11.3 Å². The Bertz CT molecular complexity index is 673. The number of benzene rings is 1. The molecule has 0 fully saturated rings. The van der Waals surface area contributed by atoms with Crippen LogP contribution in [-0.2, 0) is 0 Å². The van der Waals surface area contributed by atoms with Gasteiger partial charge in [-0.3, -0.25) is 4.79 Å². The van der Waals surface area contributed by atoms with Crippen LogP contribution in [0.1, 0.15) is 46.2 Å². The van der Waals surface area contributed by atoms with Gasteiger partial charge in [0.05, 0.1) is 24.9 Å². The molecule has 0 saturated heterocycles. The molecule has 0 unspecified atom stereocenters. The summed E-state index contributed by atoms with van der Waals surface area (Å²) in [5, 5.41) is 12.6. The lowest BCUT2D eigenvalue weighted by molar-refractivity contribution is 0.0943. The van der Waals surface area contributed by atoms with Gasteiger partial charge in [-0.2, -0.15) is 0 Å². The molecule has 0 bridgehead atoms. The van der Waals surface area contributed by atoms with Crippen LogP contribution in [-0.4, -0.2) is 23.1 Å². The Hall–Kier alpha value is -1.99. The van der Waals surface area contributed by atoms with Gasteiger partial charge in [0.25, 0.3) is 5.91 Å². The zero-order chi connectivity index (χ0) is 16.3. The molecule has 2 N–H and O–H groups in total. The molecule has 0 aliphatic heterocycles. The van der Waals surface area contributed by atoms with Gasteiger partial charge in [-0.15, -0.1) is 11.3 Å². The van der Waals surface area contributed by atoms with Crippen LogP contribution in [0, 0.1) is 5.82 Å². The van der Waals surface area contributed by atoms with Gasteiger partial charge in [0.1, 0.15) is 27.6 Å². The lowest BCUT2D eigenvalue weighted by Crippen LogP contribution is -2.27. The van der Waals surface area contributed by atoms with E-state index in [1.165, 1.54) is 19.4 Å². The molecular weight excluding hydrogens is 307 g/mol. The number of methoxy groups -OCH3 is 1. The van der Waals surface area contributed by atoms with Crippen molar-refractivity contribution in [3.63, 3.8) is 0 Å². The molecular formula is C15H17FN2O3S. The predicted molar refractivity (Wildman–Crippen MR) is 81.6 cm³/mol. The predicted octanol–water partition coefficient (Wildman–Crippen LogP) is 2.84. The zero-order valence-electron chi connectivity index (χ0n) is 12.5. The summed E-state index contributed by atoms with van der Waals surface area (Å²) in [7, 11) is 1.45. The van der Waals surface area contributed by atoms with Gasteiger partial charge in [0.15, 0.2) is 0 Å². The van der Waals surface area contributed by atoms with Crippen molar-refractivity contribution in [3.05, 3.63) is 45.7 Å². The number of halogens is 1. The van der Waals surface area contributed by atoms with Crippen LogP contribution in [0.15, 0.2) is 24.4 Å². The fourth-order valence-electron chi connectivity index (χ4n) is 2.04. The average Bonchev–Trinajstić information content (AvgIpc) is 2.96. The van der Waals surface area contributed by atoms with E-state index in [2.05, 4.69) is 10.3 Å². The first kappa shape index (κ1) is 16.4. The molecule has 1 aromatic heterocycles. The number of nitrogens with zero attached hydrogens (tertiary/aromatic N) is 1. The first-order chi connectivity index (χ1) is 10.4. The SMILES string of the molecule is COc1cccc(F)c1[C@H](C)NC(=O)c1cnc([C@@H](C)O)s1. The number of rotatable bonds is 5. The number of thiazole rings is 1. The number of carbonyl (C=O) groups excluding carboxylic acids is 1. The Morgan fingerprint density at radius 1 is 1.45 bits per heavy atom. The lowest BCUT2D eigenvalue weighted by Gasteiger charge is -2.17. The fraction of sp³-hybridized carbons (Fsp3) is 0.333. The van der Waals surface area contributed by atoms with E-state index >= 15 is 0 Å². The normalized spacial score (nSPS) is 13.5. The quantitative estimate of drug-likeness (QED) is 0.887. The van der Waals surface area contributed by atoms with E-state index in [1.54, 1.807) is 26.0 Å². The minimum atomic E-state index is -0.726. The van der Waals surface area contributed by atoms with Crippen molar-refractivity contribution < 1.29 is 19.0 Å². The molecule has 5 nitrogen and oxygen atoms in total. The van der Waals surface area contributed by atoms with Crippen LogP contribution in [0.25, 0.3) is 0 Å². The van der Waals surface area contributed by atoms with Gasteiger partial charge in [-0.05, 0) is 26.0 Å².